The van der Waals surface area contributed by atoms with Crippen molar-refractivity contribution in [3.05, 3.63) is 71.0 Å². The van der Waals surface area contributed by atoms with Crippen LogP contribution < -0.4 is 0 Å². The quantitative estimate of drug-likeness (QED) is 0.869. The molecule has 0 spiro atoms. The number of hydrogen-bond donors (Lipinski definition) is 0. The maximum Gasteiger partial charge on any atom is 0.254 e. The van der Waals surface area contributed by atoms with Crippen molar-refractivity contribution in [2.75, 3.05) is 26.2 Å². The van der Waals surface area contributed by atoms with Gasteiger partial charge in [0.1, 0.15) is 5.82 Å². The summed E-state index contributed by atoms with van der Waals surface area (Å²) in [4.78, 5) is 16.7. The van der Waals surface area contributed by atoms with E-state index in [1.807, 2.05) is 48.2 Å². The van der Waals surface area contributed by atoms with Crippen molar-refractivity contribution in [1.29, 1.82) is 0 Å². The van der Waals surface area contributed by atoms with Crippen molar-refractivity contribution in [2.45, 2.75) is 13.5 Å². The molecule has 0 atom stereocenters. The number of hydrogen-bond acceptors (Lipinski definition) is 2. The minimum absolute atomic E-state index is 0.0913. The minimum atomic E-state index is -0.161. The standard InChI is InChI=1S/C19H21FN2O/c1-15-6-2-4-8-17(15)19(23)22-12-10-21(11-13-22)14-16-7-3-5-9-18(16)20/h2-9H,10-14H2,1H3. The van der Waals surface area contributed by atoms with Crippen LogP contribution >= 0.6 is 0 Å². The molecule has 4 heteroatoms. The monoisotopic (exact) mass is 312 g/mol. The van der Waals surface area contributed by atoms with E-state index in [1.54, 1.807) is 6.07 Å². The van der Waals surface area contributed by atoms with Gasteiger partial charge in [-0.1, -0.05) is 36.4 Å². The summed E-state index contributed by atoms with van der Waals surface area (Å²) >= 11 is 0. The van der Waals surface area contributed by atoms with Crippen molar-refractivity contribution in [3.8, 4) is 0 Å². The zero-order chi connectivity index (χ0) is 16.2. The van der Waals surface area contributed by atoms with Gasteiger partial charge in [0.2, 0.25) is 0 Å². The molecule has 1 saturated heterocycles. The molecule has 1 fully saturated rings. The lowest BCUT2D eigenvalue weighted by Crippen LogP contribution is -2.48. The molecule has 2 aromatic rings. The van der Waals surface area contributed by atoms with Crippen molar-refractivity contribution in [1.82, 2.24) is 9.80 Å². The van der Waals surface area contributed by atoms with Gasteiger partial charge in [0.25, 0.3) is 5.91 Å². The van der Waals surface area contributed by atoms with Crippen molar-refractivity contribution in [2.24, 2.45) is 0 Å². The van der Waals surface area contributed by atoms with Gasteiger partial charge in [-0.3, -0.25) is 9.69 Å². The predicted molar refractivity (Wildman–Crippen MR) is 88.8 cm³/mol. The number of carbonyl (C=O) groups is 1. The lowest BCUT2D eigenvalue weighted by atomic mass is 10.1. The average molecular weight is 312 g/mol. The van der Waals surface area contributed by atoms with Crippen LogP contribution in [0.3, 0.4) is 0 Å². The van der Waals surface area contributed by atoms with Gasteiger partial charge >= 0.3 is 0 Å². The highest BCUT2D eigenvalue weighted by Gasteiger charge is 2.23. The Bertz CT molecular complexity index is 693. The zero-order valence-electron chi connectivity index (χ0n) is 13.3. The molecule has 0 bridgehead atoms. The van der Waals surface area contributed by atoms with Gasteiger partial charge in [-0.15, -0.1) is 0 Å². The molecule has 1 aliphatic heterocycles. The number of rotatable bonds is 3. The molecule has 0 aliphatic carbocycles. The Morgan fingerprint density at radius 1 is 1.00 bits per heavy atom. The summed E-state index contributed by atoms with van der Waals surface area (Å²) in [6.07, 6.45) is 0. The van der Waals surface area contributed by atoms with Crippen LogP contribution in [0, 0.1) is 12.7 Å². The number of piperazine rings is 1. The molecule has 1 heterocycles. The molecular weight excluding hydrogens is 291 g/mol. The summed E-state index contributed by atoms with van der Waals surface area (Å²) in [5.41, 5.74) is 2.49. The number of amides is 1. The van der Waals surface area contributed by atoms with E-state index in [0.29, 0.717) is 25.2 Å². The van der Waals surface area contributed by atoms with Crippen LogP contribution in [0.4, 0.5) is 4.39 Å². The first-order valence-corrected chi connectivity index (χ1v) is 7.96. The molecule has 0 saturated carbocycles. The van der Waals surface area contributed by atoms with Gasteiger partial charge in [0.05, 0.1) is 0 Å². The molecule has 0 N–H and O–H groups in total. The lowest BCUT2D eigenvalue weighted by molar-refractivity contribution is 0.0626. The fourth-order valence-electron chi connectivity index (χ4n) is 2.96. The third-order valence-corrected chi connectivity index (χ3v) is 4.39. The van der Waals surface area contributed by atoms with Gasteiger partial charge in [0, 0.05) is 43.9 Å². The minimum Gasteiger partial charge on any atom is -0.336 e. The molecule has 3 nitrogen and oxygen atoms in total. The highest BCUT2D eigenvalue weighted by Crippen LogP contribution is 2.15. The Morgan fingerprint density at radius 3 is 2.35 bits per heavy atom. The van der Waals surface area contributed by atoms with Gasteiger partial charge < -0.3 is 4.90 Å². The number of benzene rings is 2. The first kappa shape index (κ1) is 15.7. The number of nitrogens with zero attached hydrogens (tertiary/aromatic N) is 2. The molecule has 1 amide bonds. The highest BCUT2D eigenvalue weighted by molar-refractivity contribution is 5.95. The summed E-state index contributed by atoms with van der Waals surface area (Å²) in [6.45, 7) is 5.46. The van der Waals surface area contributed by atoms with Gasteiger partial charge in [-0.2, -0.15) is 0 Å². The Labute approximate surface area is 136 Å². The van der Waals surface area contributed by atoms with Crippen LogP contribution in [0.2, 0.25) is 0 Å². The summed E-state index contributed by atoms with van der Waals surface area (Å²) in [5.74, 6) is -0.0699. The smallest absolute Gasteiger partial charge is 0.254 e. The Balaban J connectivity index is 1.59. The molecule has 1 aliphatic rings. The molecule has 0 unspecified atom stereocenters. The fraction of sp³-hybridized carbons (Fsp3) is 0.316. The Morgan fingerprint density at radius 2 is 1.65 bits per heavy atom. The molecule has 120 valence electrons. The van der Waals surface area contributed by atoms with Crippen LogP contribution in [0.5, 0.6) is 0 Å². The van der Waals surface area contributed by atoms with Crippen molar-refractivity contribution in [3.63, 3.8) is 0 Å². The van der Waals surface area contributed by atoms with Crippen LogP contribution in [0.15, 0.2) is 48.5 Å². The topological polar surface area (TPSA) is 23.6 Å². The summed E-state index contributed by atoms with van der Waals surface area (Å²) < 4.78 is 13.7. The van der Waals surface area contributed by atoms with E-state index in [-0.39, 0.29) is 11.7 Å². The van der Waals surface area contributed by atoms with Crippen molar-refractivity contribution < 1.29 is 9.18 Å². The summed E-state index contributed by atoms with van der Waals surface area (Å²) in [6, 6.07) is 14.6. The van der Waals surface area contributed by atoms with Crippen LogP contribution in [0.1, 0.15) is 21.5 Å². The van der Waals surface area contributed by atoms with E-state index in [2.05, 4.69) is 4.90 Å². The fourth-order valence-corrected chi connectivity index (χ4v) is 2.96. The summed E-state index contributed by atoms with van der Waals surface area (Å²) in [7, 11) is 0. The van der Waals surface area contributed by atoms with E-state index in [1.165, 1.54) is 6.07 Å². The normalized spacial score (nSPS) is 15.7. The molecule has 23 heavy (non-hydrogen) atoms. The van der Waals surface area contributed by atoms with Crippen LogP contribution in [-0.4, -0.2) is 41.9 Å². The lowest BCUT2D eigenvalue weighted by Gasteiger charge is -2.35. The Kier molecular flexibility index (Phi) is 4.72. The van der Waals surface area contributed by atoms with Crippen LogP contribution in [0.25, 0.3) is 0 Å². The van der Waals surface area contributed by atoms with E-state index < -0.39 is 0 Å². The maximum atomic E-state index is 13.7. The molecule has 2 aromatic carbocycles. The van der Waals surface area contributed by atoms with Crippen LogP contribution in [-0.2, 0) is 6.54 Å². The first-order valence-electron chi connectivity index (χ1n) is 7.96. The highest BCUT2D eigenvalue weighted by atomic mass is 19.1. The molecule has 3 rings (SSSR count). The molecule has 0 radical (unpaired) electrons. The Hall–Kier alpha value is -2.20. The van der Waals surface area contributed by atoms with E-state index in [4.69, 9.17) is 0 Å². The third-order valence-electron chi connectivity index (χ3n) is 4.39. The van der Waals surface area contributed by atoms with Gasteiger partial charge in [-0.05, 0) is 24.6 Å². The third kappa shape index (κ3) is 3.59. The molecule has 0 aromatic heterocycles. The maximum absolute atomic E-state index is 13.7. The number of aryl methyl sites for hydroxylation is 1. The summed E-state index contributed by atoms with van der Waals surface area (Å²) in [5, 5.41) is 0. The van der Waals surface area contributed by atoms with Gasteiger partial charge in [0.15, 0.2) is 0 Å². The second-order valence-corrected chi connectivity index (χ2v) is 5.97. The van der Waals surface area contributed by atoms with E-state index in [9.17, 15) is 9.18 Å². The largest absolute Gasteiger partial charge is 0.336 e. The number of halogens is 1. The predicted octanol–water partition coefficient (Wildman–Crippen LogP) is 3.09. The first-order chi connectivity index (χ1) is 11.1. The zero-order valence-corrected chi connectivity index (χ0v) is 13.3. The molecular formula is C19H21FN2O. The SMILES string of the molecule is Cc1ccccc1C(=O)N1CCN(Cc2ccccc2F)CC1. The van der Waals surface area contributed by atoms with Crippen molar-refractivity contribution >= 4 is 5.91 Å². The number of carbonyl (C=O) groups excluding carboxylic acids is 1. The van der Waals surface area contributed by atoms with E-state index >= 15 is 0 Å². The van der Waals surface area contributed by atoms with E-state index in [0.717, 1.165) is 24.2 Å². The second kappa shape index (κ2) is 6.92. The van der Waals surface area contributed by atoms with Gasteiger partial charge in [-0.25, -0.2) is 4.39 Å². The average Bonchev–Trinajstić information content (AvgIpc) is 2.57. The second-order valence-electron chi connectivity index (χ2n) is 5.97.